The van der Waals surface area contributed by atoms with Gasteiger partial charge in [-0.05, 0) is 25.1 Å². The van der Waals surface area contributed by atoms with Gasteiger partial charge in [0.05, 0.1) is 12.1 Å². The molecule has 0 saturated carbocycles. The van der Waals surface area contributed by atoms with Crippen molar-refractivity contribution in [3.63, 3.8) is 0 Å². The van der Waals surface area contributed by atoms with Crippen LogP contribution in [0.5, 0.6) is 0 Å². The lowest BCUT2D eigenvalue weighted by molar-refractivity contribution is 0.0691. The van der Waals surface area contributed by atoms with Crippen LogP contribution in [-0.4, -0.2) is 20.9 Å². The highest BCUT2D eigenvalue weighted by atomic mass is 16.4. The summed E-state index contributed by atoms with van der Waals surface area (Å²) in [5.74, 6) is 0.554. The van der Waals surface area contributed by atoms with Crippen molar-refractivity contribution in [2.75, 3.05) is 0 Å². The van der Waals surface area contributed by atoms with E-state index in [0.29, 0.717) is 11.9 Å². The van der Waals surface area contributed by atoms with Gasteiger partial charge >= 0.3 is 5.97 Å². The number of rotatable bonds is 3. The molecular weight excluding hydrogens is 244 g/mol. The fourth-order valence-corrected chi connectivity index (χ4v) is 2.12. The largest absolute Gasteiger partial charge is 0.476 e. The third-order valence-corrected chi connectivity index (χ3v) is 2.96. The Hall–Kier alpha value is -2.56. The van der Waals surface area contributed by atoms with Crippen LogP contribution in [0.25, 0.3) is 10.9 Å². The number of carboxylic acid groups (broad SMARTS) is 1. The molecule has 19 heavy (non-hydrogen) atoms. The number of para-hydroxylation sites is 1. The second kappa shape index (κ2) is 4.28. The maximum Gasteiger partial charge on any atom is 0.357 e. The van der Waals surface area contributed by atoms with Crippen LogP contribution in [0, 0.1) is 6.92 Å². The number of fused-ring (bicyclic) bond motifs is 1. The first-order valence-electron chi connectivity index (χ1n) is 5.89. The highest BCUT2D eigenvalue weighted by Gasteiger charge is 2.16. The molecule has 0 spiro atoms. The molecule has 2 heterocycles. The van der Waals surface area contributed by atoms with Crippen LogP contribution < -0.4 is 0 Å². The minimum Gasteiger partial charge on any atom is -0.476 e. The van der Waals surface area contributed by atoms with Gasteiger partial charge in [0.15, 0.2) is 5.69 Å². The topological polar surface area (TPSA) is 68.3 Å². The van der Waals surface area contributed by atoms with Crippen LogP contribution in [0.15, 0.2) is 40.8 Å². The molecular formula is C14H12N2O3. The first kappa shape index (κ1) is 11.5. The molecule has 0 fully saturated rings. The number of hydrogen-bond donors (Lipinski definition) is 1. The van der Waals surface area contributed by atoms with Gasteiger partial charge in [0.25, 0.3) is 0 Å². The van der Waals surface area contributed by atoms with E-state index in [0.717, 1.165) is 17.0 Å². The summed E-state index contributed by atoms with van der Waals surface area (Å²) >= 11 is 0. The van der Waals surface area contributed by atoms with Gasteiger partial charge in [-0.15, -0.1) is 0 Å². The van der Waals surface area contributed by atoms with Gasteiger partial charge < -0.3 is 9.52 Å². The van der Waals surface area contributed by atoms with Crippen LogP contribution in [0.2, 0.25) is 0 Å². The Morgan fingerprint density at radius 1 is 1.32 bits per heavy atom. The van der Waals surface area contributed by atoms with Crippen LogP contribution in [-0.2, 0) is 6.54 Å². The minimum atomic E-state index is -1.02. The maximum atomic E-state index is 11.2. The van der Waals surface area contributed by atoms with Crippen molar-refractivity contribution in [2.45, 2.75) is 13.5 Å². The smallest absolute Gasteiger partial charge is 0.357 e. The molecule has 0 atom stereocenters. The number of aromatic carboxylic acids is 1. The van der Waals surface area contributed by atoms with Gasteiger partial charge in [0.2, 0.25) is 0 Å². The van der Waals surface area contributed by atoms with Crippen molar-refractivity contribution < 1.29 is 14.3 Å². The molecule has 5 heteroatoms. The predicted molar refractivity (Wildman–Crippen MR) is 69.2 cm³/mol. The number of furan rings is 1. The van der Waals surface area contributed by atoms with Crippen molar-refractivity contribution in [1.29, 1.82) is 0 Å². The predicted octanol–water partition coefficient (Wildman–Crippen LogP) is 2.68. The fourth-order valence-electron chi connectivity index (χ4n) is 2.12. The van der Waals surface area contributed by atoms with E-state index in [2.05, 4.69) is 5.10 Å². The number of nitrogens with zero attached hydrogens (tertiary/aromatic N) is 2. The molecule has 3 rings (SSSR count). The second-order valence-electron chi connectivity index (χ2n) is 4.34. The number of aryl methyl sites for hydroxylation is 1. The average molecular weight is 256 g/mol. The van der Waals surface area contributed by atoms with E-state index in [-0.39, 0.29) is 5.69 Å². The van der Waals surface area contributed by atoms with Crippen molar-refractivity contribution in [1.82, 2.24) is 9.78 Å². The summed E-state index contributed by atoms with van der Waals surface area (Å²) in [5.41, 5.74) is 0.854. The van der Waals surface area contributed by atoms with Crippen molar-refractivity contribution in [3.05, 3.63) is 53.6 Å². The average Bonchev–Trinajstić information content (AvgIpc) is 2.95. The molecule has 0 unspecified atom stereocenters. The monoisotopic (exact) mass is 256 g/mol. The number of carboxylic acids is 1. The Balaban J connectivity index is 2.11. The van der Waals surface area contributed by atoms with Crippen molar-refractivity contribution >= 4 is 16.9 Å². The summed E-state index contributed by atoms with van der Waals surface area (Å²) in [6.45, 7) is 2.29. The van der Waals surface area contributed by atoms with Crippen LogP contribution in [0.1, 0.15) is 22.0 Å². The number of benzene rings is 1. The third kappa shape index (κ3) is 1.99. The fraction of sp³-hybridized carbons (Fsp3) is 0.143. The SMILES string of the molecule is Cc1ccc(Cn2nc(C(=O)O)c3ccccc32)o1. The zero-order valence-electron chi connectivity index (χ0n) is 10.3. The molecule has 1 aromatic carbocycles. The van der Waals surface area contributed by atoms with Crippen LogP contribution >= 0.6 is 0 Å². The van der Waals surface area contributed by atoms with E-state index in [9.17, 15) is 4.79 Å². The van der Waals surface area contributed by atoms with E-state index in [4.69, 9.17) is 9.52 Å². The van der Waals surface area contributed by atoms with E-state index >= 15 is 0 Å². The maximum absolute atomic E-state index is 11.2. The van der Waals surface area contributed by atoms with Gasteiger partial charge in [0, 0.05) is 5.39 Å². The lowest BCUT2D eigenvalue weighted by atomic mass is 10.2. The first-order valence-corrected chi connectivity index (χ1v) is 5.89. The molecule has 0 aliphatic heterocycles. The third-order valence-electron chi connectivity index (χ3n) is 2.96. The molecule has 3 aromatic rings. The zero-order valence-corrected chi connectivity index (χ0v) is 10.3. The number of carbonyl (C=O) groups is 1. The summed E-state index contributed by atoms with van der Waals surface area (Å²) in [4.78, 5) is 11.2. The van der Waals surface area contributed by atoms with Gasteiger partial charge in [-0.1, -0.05) is 18.2 Å². The van der Waals surface area contributed by atoms with Gasteiger partial charge in [-0.25, -0.2) is 4.79 Å². The summed E-state index contributed by atoms with van der Waals surface area (Å²) in [5, 5.41) is 14.0. The summed E-state index contributed by atoms with van der Waals surface area (Å²) < 4.78 is 7.15. The van der Waals surface area contributed by atoms with Gasteiger partial charge in [0.1, 0.15) is 11.5 Å². The number of aromatic nitrogens is 2. The molecule has 2 aromatic heterocycles. The van der Waals surface area contributed by atoms with Crippen molar-refractivity contribution in [3.8, 4) is 0 Å². The first-order chi connectivity index (χ1) is 9.15. The Morgan fingerprint density at radius 2 is 2.11 bits per heavy atom. The normalized spacial score (nSPS) is 11.0. The lowest BCUT2D eigenvalue weighted by Gasteiger charge is -2.00. The second-order valence-corrected chi connectivity index (χ2v) is 4.34. The molecule has 96 valence electrons. The summed E-state index contributed by atoms with van der Waals surface area (Å²) in [7, 11) is 0. The van der Waals surface area contributed by atoms with E-state index in [1.165, 1.54) is 0 Å². The molecule has 0 saturated heterocycles. The molecule has 0 aliphatic carbocycles. The van der Waals surface area contributed by atoms with Crippen molar-refractivity contribution in [2.24, 2.45) is 0 Å². The van der Waals surface area contributed by atoms with Gasteiger partial charge in [-0.2, -0.15) is 5.10 Å². The Morgan fingerprint density at radius 3 is 2.79 bits per heavy atom. The highest BCUT2D eigenvalue weighted by Crippen LogP contribution is 2.20. The van der Waals surface area contributed by atoms with E-state index < -0.39 is 5.97 Å². The number of hydrogen-bond acceptors (Lipinski definition) is 3. The lowest BCUT2D eigenvalue weighted by Crippen LogP contribution is -2.03. The van der Waals surface area contributed by atoms with Crippen LogP contribution in [0.3, 0.4) is 0 Å². The highest BCUT2D eigenvalue weighted by molar-refractivity contribution is 6.01. The van der Waals surface area contributed by atoms with E-state index in [1.54, 1.807) is 16.8 Å². The Bertz CT molecular complexity index is 755. The Labute approximate surface area is 109 Å². The molecule has 0 bridgehead atoms. The summed E-state index contributed by atoms with van der Waals surface area (Å²) in [6.07, 6.45) is 0. The minimum absolute atomic E-state index is 0.0684. The Kier molecular flexibility index (Phi) is 2.59. The van der Waals surface area contributed by atoms with Gasteiger partial charge in [-0.3, -0.25) is 4.68 Å². The molecule has 0 radical (unpaired) electrons. The molecule has 5 nitrogen and oxygen atoms in total. The molecule has 0 amide bonds. The van der Waals surface area contributed by atoms with Crippen LogP contribution in [0.4, 0.5) is 0 Å². The van der Waals surface area contributed by atoms with E-state index in [1.807, 2.05) is 31.2 Å². The zero-order chi connectivity index (χ0) is 13.4. The summed E-state index contributed by atoms with van der Waals surface area (Å²) in [6, 6.07) is 11.0. The molecule has 0 aliphatic rings. The quantitative estimate of drug-likeness (QED) is 0.782. The molecule has 1 N–H and O–H groups in total. The standard InChI is InChI=1S/C14H12N2O3/c1-9-6-7-10(19-9)8-16-12-5-3-2-4-11(12)13(15-16)14(17)18/h2-7H,8H2,1H3,(H,17,18).